The van der Waals surface area contributed by atoms with Gasteiger partial charge in [-0.15, -0.1) is 11.3 Å². The Morgan fingerprint density at radius 2 is 2.16 bits per heavy atom. The molecule has 0 unspecified atom stereocenters. The summed E-state index contributed by atoms with van der Waals surface area (Å²) in [5, 5.41) is 1.96. The SMILES string of the molecule is Cc1oc(-c2cccs2)nc1CN(C1CC1)S(=O)(=O)c1cccnc1. The Morgan fingerprint density at radius 3 is 2.80 bits per heavy atom. The molecule has 0 atom stereocenters. The summed E-state index contributed by atoms with van der Waals surface area (Å²) in [6.07, 6.45) is 4.69. The van der Waals surface area contributed by atoms with Gasteiger partial charge in [0.25, 0.3) is 0 Å². The maximum absolute atomic E-state index is 13.0. The standard InChI is InChI=1S/C17H17N3O3S2/c1-12-15(19-17(23-12)16-5-3-9-24-16)11-20(13-6-7-13)25(21,22)14-4-2-8-18-10-14/h2-5,8-10,13H,6-7,11H2,1H3. The molecular formula is C17H17N3O3S2. The highest BCUT2D eigenvalue weighted by atomic mass is 32.2. The van der Waals surface area contributed by atoms with Gasteiger partial charge in [0.05, 0.1) is 17.1 Å². The van der Waals surface area contributed by atoms with Gasteiger partial charge in [0.15, 0.2) is 0 Å². The minimum absolute atomic E-state index is 0.0199. The summed E-state index contributed by atoms with van der Waals surface area (Å²) < 4.78 is 33.3. The van der Waals surface area contributed by atoms with Crippen molar-refractivity contribution in [2.24, 2.45) is 0 Å². The highest BCUT2D eigenvalue weighted by Gasteiger charge is 2.39. The number of rotatable bonds is 6. The van der Waals surface area contributed by atoms with Gasteiger partial charge in [-0.1, -0.05) is 6.07 Å². The van der Waals surface area contributed by atoms with Crippen molar-refractivity contribution >= 4 is 21.4 Å². The van der Waals surface area contributed by atoms with Gasteiger partial charge in [-0.3, -0.25) is 4.98 Å². The van der Waals surface area contributed by atoms with Gasteiger partial charge >= 0.3 is 0 Å². The largest absolute Gasteiger partial charge is 0.440 e. The number of thiophene rings is 1. The molecule has 3 aromatic rings. The molecule has 0 spiro atoms. The van der Waals surface area contributed by atoms with Crippen LogP contribution in [0, 0.1) is 6.92 Å². The molecule has 25 heavy (non-hydrogen) atoms. The first-order valence-corrected chi connectivity index (χ1v) is 10.3. The van der Waals surface area contributed by atoms with Gasteiger partial charge in [-0.05, 0) is 43.3 Å². The smallest absolute Gasteiger partial charge is 0.245 e. The van der Waals surface area contributed by atoms with Gasteiger partial charge in [0.2, 0.25) is 15.9 Å². The fourth-order valence-electron chi connectivity index (χ4n) is 2.64. The number of sulfonamides is 1. The van der Waals surface area contributed by atoms with E-state index in [0.717, 1.165) is 17.7 Å². The molecule has 0 aromatic carbocycles. The molecule has 0 bridgehead atoms. The molecule has 1 fully saturated rings. The number of oxazole rings is 1. The number of hydrogen-bond donors (Lipinski definition) is 0. The van der Waals surface area contributed by atoms with Gasteiger partial charge in [-0.25, -0.2) is 13.4 Å². The number of pyridine rings is 1. The van der Waals surface area contributed by atoms with E-state index in [2.05, 4.69) is 9.97 Å². The Morgan fingerprint density at radius 1 is 1.32 bits per heavy atom. The predicted molar refractivity (Wildman–Crippen MR) is 94.5 cm³/mol. The quantitative estimate of drug-likeness (QED) is 0.659. The van der Waals surface area contributed by atoms with E-state index >= 15 is 0 Å². The van der Waals surface area contributed by atoms with Crippen LogP contribution in [0.2, 0.25) is 0 Å². The summed E-state index contributed by atoms with van der Waals surface area (Å²) >= 11 is 1.54. The van der Waals surface area contributed by atoms with Gasteiger partial charge < -0.3 is 4.42 Å². The van der Waals surface area contributed by atoms with Crippen molar-refractivity contribution in [2.75, 3.05) is 0 Å². The molecule has 0 aliphatic heterocycles. The third kappa shape index (κ3) is 3.24. The molecule has 1 aliphatic rings. The van der Waals surface area contributed by atoms with Crippen molar-refractivity contribution in [3.8, 4) is 10.8 Å². The molecule has 8 heteroatoms. The predicted octanol–water partition coefficient (Wildman–Crippen LogP) is 3.46. The van der Waals surface area contributed by atoms with Crippen molar-refractivity contribution in [3.05, 3.63) is 53.5 Å². The maximum atomic E-state index is 13.0. The van der Waals surface area contributed by atoms with Crippen LogP contribution in [0.25, 0.3) is 10.8 Å². The maximum Gasteiger partial charge on any atom is 0.245 e. The van der Waals surface area contributed by atoms with Crippen molar-refractivity contribution in [1.29, 1.82) is 0 Å². The average molecular weight is 375 g/mol. The first-order chi connectivity index (χ1) is 12.1. The first-order valence-electron chi connectivity index (χ1n) is 7.98. The van der Waals surface area contributed by atoms with Crippen molar-refractivity contribution in [3.63, 3.8) is 0 Å². The van der Waals surface area contributed by atoms with E-state index in [-0.39, 0.29) is 17.5 Å². The summed E-state index contributed by atoms with van der Waals surface area (Å²) in [6.45, 7) is 2.03. The van der Waals surface area contributed by atoms with Gasteiger partial charge in [-0.2, -0.15) is 4.31 Å². The molecule has 6 nitrogen and oxygen atoms in total. The van der Waals surface area contributed by atoms with E-state index in [1.807, 2.05) is 24.4 Å². The second-order valence-corrected chi connectivity index (χ2v) is 8.81. The Bertz CT molecular complexity index is 962. The number of nitrogens with zero attached hydrogens (tertiary/aromatic N) is 3. The van der Waals surface area contributed by atoms with E-state index in [4.69, 9.17) is 4.42 Å². The molecule has 130 valence electrons. The summed E-state index contributed by atoms with van der Waals surface area (Å²) in [4.78, 5) is 9.61. The van der Waals surface area contributed by atoms with Crippen LogP contribution >= 0.6 is 11.3 Å². The van der Waals surface area contributed by atoms with Gasteiger partial charge in [0, 0.05) is 18.4 Å². The van der Waals surface area contributed by atoms with Crippen LogP contribution in [-0.4, -0.2) is 28.7 Å². The van der Waals surface area contributed by atoms with Crippen LogP contribution in [0.3, 0.4) is 0 Å². The third-order valence-corrected chi connectivity index (χ3v) is 6.87. The van der Waals surface area contributed by atoms with E-state index in [0.29, 0.717) is 17.3 Å². The normalized spacial score (nSPS) is 15.0. The summed E-state index contributed by atoms with van der Waals surface area (Å²) in [5.74, 6) is 1.19. The lowest BCUT2D eigenvalue weighted by Crippen LogP contribution is -2.33. The molecule has 0 saturated heterocycles. The zero-order valence-corrected chi connectivity index (χ0v) is 15.3. The second-order valence-electron chi connectivity index (χ2n) is 5.97. The molecule has 0 amide bonds. The molecule has 3 aromatic heterocycles. The van der Waals surface area contributed by atoms with Crippen LogP contribution in [0.4, 0.5) is 0 Å². The minimum Gasteiger partial charge on any atom is -0.440 e. The zero-order chi connectivity index (χ0) is 17.4. The van der Waals surface area contributed by atoms with Crippen LogP contribution in [0.1, 0.15) is 24.3 Å². The monoisotopic (exact) mass is 375 g/mol. The summed E-state index contributed by atoms with van der Waals surface area (Å²) in [5.41, 5.74) is 0.655. The zero-order valence-electron chi connectivity index (χ0n) is 13.6. The van der Waals surface area contributed by atoms with E-state index in [1.165, 1.54) is 10.5 Å². The number of aryl methyl sites for hydroxylation is 1. The van der Waals surface area contributed by atoms with Crippen LogP contribution in [0.15, 0.2) is 51.4 Å². The molecular weight excluding hydrogens is 358 g/mol. The first kappa shape index (κ1) is 16.4. The lowest BCUT2D eigenvalue weighted by molar-refractivity contribution is 0.392. The third-order valence-electron chi connectivity index (χ3n) is 4.13. The molecule has 1 aliphatic carbocycles. The van der Waals surface area contributed by atoms with Crippen molar-refractivity contribution in [2.45, 2.75) is 37.2 Å². The molecule has 0 N–H and O–H groups in total. The molecule has 4 rings (SSSR count). The van der Waals surface area contributed by atoms with Crippen molar-refractivity contribution in [1.82, 2.24) is 14.3 Å². The lowest BCUT2D eigenvalue weighted by atomic mass is 10.3. The van der Waals surface area contributed by atoms with Gasteiger partial charge in [0.1, 0.15) is 10.7 Å². The molecule has 3 heterocycles. The van der Waals surface area contributed by atoms with Crippen LogP contribution in [0.5, 0.6) is 0 Å². The topological polar surface area (TPSA) is 76.3 Å². The Balaban J connectivity index is 1.66. The minimum atomic E-state index is -3.61. The Hall–Kier alpha value is -2.03. The van der Waals surface area contributed by atoms with Crippen LogP contribution in [-0.2, 0) is 16.6 Å². The Kier molecular flexibility index (Phi) is 4.18. The van der Waals surface area contributed by atoms with E-state index in [1.54, 1.807) is 29.7 Å². The van der Waals surface area contributed by atoms with Crippen molar-refractivity contribution < 1.29 is 12.8 Å². The lowest BCUT2D eigenvalue weighted by Gasteiger charge is -2.20. The highest BCUT2D eigenvalue weighted by molar-refractivity contribution is 7.89. The fraction of sp³-hybridized carbons (Fsp3) is 0.294. The number of hydrogen-bond acceptors (Lipinski definition) is 6. The number of aromatic nitrogens is 2. The molecule has 0 radical (unpaired) electrons. The second kappa shape index (κ2) is 6.36. The molecule has 1 saturated carbocycles. The van der Waals surface area contributed by atoms with E-state index in [9.17, 15) is 8.42 Å². The average Bonchev–Trinajstić information content (AvgIpc) is 3.16. The van der Waals surface area contributed by atoms with E-state index < -0.39 is 10.0 Å². The highest BCUT2D eigenvalue weighted by Crippen LogP contribution is 2.34. The fourth-order valence-corrected chi connectivity index (χ4v) is 4.90. The summed E-state index contributed by atoms with van der Waals surface area (Å²) in [6, 6.07) is 7.10. The van der Waals surface area contributed by atoms with Crippen LogP contribution < -0.4 is 0 Å². The summed E-state index contributed by atoms with van der Waals surface area (Å²) in [7, 11) is -3.61. The Labute approximate surface area is 150 Å².